The van der Waals surface area contributed by atoms with Gasteiger partial charge in [-0.1, -0.05) is 36.8 Å². The Morgan fingerprint density at radius 3 is 2.15 bits per heavy atom. The highest BCUT2D eigenvalue weighted by Gasteiger charge is 2.41. The number of piperazine rings is 1. The molecule has 2 atom stereocenters. The Labute approximate surface area is 241 Å². The normalized spacial score (nSPS) is 20.7. The van der Waals surface area contributed by atoms with Gasteiger partial charge in [0.25, 0.3) is 5.91 Å². The molecule has 2 fully saturated rings. The van der Waals surface area contributed by atoms with Gasteiger partial charge in [0.1, 0.15) is 0 Å². The number of piperidine rings is 1. The highest BCUT2D eigenvalue weighted by molar-refractivity contribution is 5.98. The lowest BCUT2D eigenvalue weighted by Gasteiger charge is -2.53. The van der Waals surface area contributed by atoms with Gasteiger partial charge in [0, 0.05) is 68.1 Å². The van der Waals surface area contributed by atoms with E-state index in [9.17, 15) is 9.59 Å². The molecule has 0 unspecified atom stereocenters. The van der Waals surface area contributed by atoms with Crippen LogP contribution in [0.3, 0.4) is 0 Å². The van der Waals surface area contributed by atoms with Crippen molar-refractivity contribution < 1.29 is 9.59 Å². The molecule has 0 aromatic heterocycles. The standard InChI is InChI=1S/C33H49N5O2/c1-8-29(27-12-10-23(3)11-13-27)38-19-18-37(22-26(38)6)33(7)14-16-36(17-15-33)31(39)30-24(4)20-28(21-25(30)5)35-32(40)34-9-2/h10-13,20-21,26,29H,8-9,14-19,22H2,1-7H3,(H2,34,35,40)/t26-,29-/m0/s1. The lowest BCUT2D eigenvalue weighted by Crippen LogP contribution is -2.62. The molecule has 0 bridgehead atoms. The zero-order valence-electron chi connectivity index (χ0n) is 25.6. The number of likely N-dealkylation sites (tertiary alicyclic amines) is 1. The Morgan fingerprint density at radius 2 is 1.60 bits per heavy atom. The predicted molar refractivity (Wildman–Crippen MR) is 164 cm³/mol. The van der Waals surface area contributed by atoms with Crippen molar-refractivity contribution in [2.24, 2.45) is 0 Å². The number of benzene rings is 2. The zero-order chi connectivity index (χ0) is 29.0. The van der Waals surface area contributed by atoms with Gasteiger partial charge >= 0.3 is 6.03 Å². The van der Waals surface area contributed by atoms with E-state index in [1.165, 1.54) is 11.1 Å². The van der Waals surface area contributed by atoms with Gasteiger partial charge in [0.05, 0.1) is 0 Å². The van der Waals surface area contributed by atoms with Gasteiger partial charge < -0.3 is 15.5 Å². The second-order valence-electron chi connectivity index (χ2n) is 12.1. The van der Waals surface area contributed by atoms with Crippen LogP contribution in [0.2, 0.25) is 0 Å². The molecule has 2 aromatic carbocycles. The van der Waals surface area contributed by atoms with Crippen LogP contribution in [-0.2, 0) is 0 Å². The Bertz CT molecular complexity index is 1160. The van der Waals surface area contributed by atoms with E-state index in [2.05, 4.69) is 72.4 Å². The van der Waals surface area contributed by atoms with Crippen molar-refractivity contribution in [1.29, 1.82) is 0 Å². The van der Waals surface area contributed by atoms with Crippen molar-refractivity contribution in [2.45, 2.75) is 85.4 Å². The molecule has 0 radical (unpaired) electrons. The van der Waals surface area contributed by atoms with Crippen molar-refractivity contribution >= 4 is 17.6 Å². The number of urea groups is 1. The molecule has 0 aliphatic carbocycles. The third-order valence-electron chi connectivity index (χ3n) is 9.16. The van der Waals surface area contributed by atoms with E-state index in [4.69, 9.17) is 0 Å². The largest absolute Gasteiger partial charge is 0.338 e. The second kappa shape index (κ2) is 12.7. The third kappa shape index (κ3) is 6.52. The second-order valence-corrected chi connectivity index (χ2v) is 12.1. The molecule has 218 valence electrons. The average Bonchev–Trinajstić information content (AvgIpc) is 2.91. The summed E-state index contributed by atoms with van der Waals surface area (Å²) < 4.78 is 0. The zero-order valence-corrected chi connectivity index (χ0v) is 25.6. The predicted octanol–water partition coefficient (Wildman–Crippen LogP) is 5.91. The molecule has 7 nitrogen and oxygen atoms in total. The van der Waals surface area contributed by atoms with E-state index in [1.54, 1.807) is 0 Å². The first kappa shape index (κ1) is 30.1. The maximum Gasteiger partial charge on any atom is 0.319 e. The molecule has 40 heavy (non-hydrogen) atoms. The van der Waals surface area contributed by atoms with Crippen LogP contribution in [0, 0.1) is 20.8 Å². The number of carbonyl (C=O) groups is 2. The summed E-state index contributed by atoms with van der Waals surface area (Å²) in [4.78, 5) is 33.0. The van der Waals surface area contributed by atoms with Crippen molar-refractivity contribution in [1.82, 2.24) is 20.0 Å². The van der Waals surface area contributed by atoms with E-state index in [0.717, 1.165) is 68.7 Å². The van der Waals surface area contributed by atoms with E-state index < -0.39 is 0 Å². The molecule has 7 heteroatoms. The van der Waals surface area contributed by atoms with E-state index in [0.29, 0.717) is 24.3 Å². The number of anilines is 1. The first-order valence-electron chi connectivity index (χ1n) is 15.1. The summed E-state index contributed by atoms with van der Waals surface area (Å²) in [6.07, 6.45) is 3.08. The molecule has 3 amide bonds. The molecular weight excluding hydrogens is 498 g/mol. The molecule has 0 saturated carbocycles. The lowest BCUT2D eigenvalue weighted by atomic mass is 9.85. The Hall–Kier alpha value is -2.90. The number of aryl methyl sites for hydroxylation is 3. The van der Waals surface area contributed by atoms with E-state index >= 15 is 0 Å². The number of carbonyl (C=O) groups excluding carboxylic acids is 2. The fraction of sp³-hybridized carbons (Fsp3) is 0.576. The molecule has 0 spiro atoms. The number of nitrogens with zero attached hydrogens (tertiary/aromatic N) is 3. The van der Waals surface area contributed by atoms with Gasteiger partial charge in [0.15, 0.2) is 0 Å². The van der Waals surface area contributed by atoms with Crippen LogP contribution in [0.15, 0.2) is 36.4 Å². The molecule has 2 aliphatic rings. The highest BCUT2D eigenvalue weighted by Crippen LogP contribution is 2.35. The summed E-state index contributed by atoms with van der Waals surface area (Å²) in [6, 6.07) is 13.6. The summed E-state index contributed by atoms with van der Waals surface area (Å²) in [5.41, 5.74) is 6.10. The molecule has 2 saturated heterocycles. The summed E-state index contributed by atoms with van der Waals surface area (Å²) in [5, 5.41) is 5.61. The first-order valence-corrected chi connectivity index (χ1v) is 15.1. The van der Waals surface area contributed by atoms with Gasteiger partial charge in [-0.2, -0.15) is 0 Å². The molecule has 2 aliphatic heterocycles. The van der Waals surface area contributed by atoms with Crippen LogP contribution in [-0.4, -0.2) is 77.5 Å². The topological polar surface area (TPSA) is 67.9 Å². The SMILES string of the molecule is CCNC(=O)Nc1cc(C)c(C(=O)N2CCC(C)(N3CCN([C@@H](CC)c4ccc(C)cc4)[C@@H](C)C3)CC2)c(C)c1. The van der Waals surface area contributed by atoms with Crippen LogP contribution in [0.1, 0.15) is 85.6 Å². The number of rotatable bonds is 7. The molecule has 2 aromatic rings. The van der Waals surface area contributed by atoms with Crippen LogP contribution < -0.4 is 10.6 Å². The molecule has 2 N–H and O–H groups in total. The minimum atomic E-state index is -0.230. The fourth-order valence-corrected chi connectivity index (χ4v) is 6.75. The van der Waals surface area contributed by atoms with Crippen molar-refractivity contribution in [3.05, 3.63) is 64.2 Å². The highest BCUT2D eigenvalue weighted by atomic mass is 16.2. The Morgan fingerprint density at radius 1 is 0.975 bits per heavy atom. The Balaban J connectivity index is 1.37. The van der Waals surface area contributed by atoms with E-state index in [1.807, 2.05) is 37.8 Å². The lowest BCUT2D eigenvalue weighted by molar-refractivity contribution is -0.0305. The quantitative estimate of drug-likeness (QED) is 0.453. The number of amides is 3. The van der Waals surface area contributed by atoms with Gasteiger partial charge in [-0.15, -0.1) is 0 Å². The molecular formula is C33H49N5O2. The number of nitrogens with one attached hydrogen (secondary N) is 2. The smallest absolute Gasteiger partial charge is 0.319 e. The molecule has 2 heterocycles. The van der Waals surface area contributed by atoms with Crippen LogP contribution in [0.4, 0.5) is 10.5 Å². The van der Waals surface area contributed by atoms with Crippen molar-refractivity contribution in [3.63, 3.8) is 0 Å². The maximum atomic E-state index is 13.6. The first-order chi connectivity index (χ1) is 19.1. The van der Waals surface area contributed by atoms with Gasteiger partial charge in [-0.05, 0) is 89.6 Å². The summed E-state index contributed by atoms with van der Waals surface area (Å²) in [5.74, 6) is 0.101. The van der Waals surface area contributed by atoms with Crippen molar-refractivity contribution in [3.8, 4) is 0 Å². The average molecular weight is 548 g/mol. The minimum absolute atomic E-state index is 0.101. The van der Waals surface area contributed by atoms with Gasteiger partial charge in [-0.3, -0.25) is 14.6 Å². The van der Waals surface area contributed by atoms with Crippen LogP contribution in [0.5, 0.6) is 0 Å². The Kier molecular flexibility index (Phi) is 9.57. The maximum absolute atomic E-state index is 13.6. The number of hydrogen-bond donors (Lipinski definition) is 2. The van der Waals surface area contributed by atoms with Gasteiger partial charge in [-0.25, -0.2) is 4.79 Å². The summed E-state index contributed by atoms with van der Waals surface area (Å²) in [7, 11) is 0. The molecule has 4 rings (SSSR count). The van der Waals surface area contributed by atoms with Crippen LogP contribution >= 0.6 is 0 Å². The fourth-order valence-electron chi connectivity index (χ4n) is 6.75. The third-order valence-corrected chi connectivity index (χ3v) is 9.16. The summed E-state index contributed by atoms with van der Waals surface area (Å²) >= 11 is 0. The minimum Gasteiger partial charge on any atom is -0.338 e. The monoisotopic (exact) mass is 547 g/mol. The van der Waals surface area contributed by atoms with E-state index in [-0.39, 0.29) is 17.5 Å². The van der Waals surface area contributed by atoms with Crippen LogP contribution in [0.25, 0.3) is 0 Å². The van der Waals surface area contributed by atoms with Crippen molar-refractivity contribution in [2.75, 3.05) is 44.6 Å². The number of hydrogen-bond acceptors (Lipinski definition) is 4. The summed E-state index contributed by atoms with van der Waals surface area (Å²) in [6.45, 7) is 20.3. The van der Waals surface area contributed by atoms with Gasteiger partial charge in [0.2, 0.25) is 0 Å².